The molecular formula is C16H23N5O2. The molecule has 0 aliphatic carbocycles. The van der Waals surface area contributed by atoms with E-state index in [1.165, 1.54) is 0 Å². The van der Waals surface area contributed by atoms with Crippen LogP contribution >= 0.6 is 0 Å². The highest BCUT2D eigenvalue weighted by molar-refractivity contribution is 5.80. The van der Waals surface area contributed by atoms with Crippen molar-refractivity contribution in [2.75, 3.05) is 13.1 Å². The Bertz CT molecular complexity index is 649. The number of rotatable bonds is 4. The lowest BCUT2D eigenvalue weighted by Crippen LogP contribution is -2.42. The van der Waals surface area contributed by atoms with Crippen molar-refractivity contribution in [1.29, 1.82) is 0 Å². The van der Waals surface area contributed by atoms with Gasteiger partial charge in [-0.25, -0.2) is 4.98 Å². The summed E-state index contributed by atoms with van der Waals surface area (Å²) in [5.74, 6) is 1.87. The Morgan fingerprint density at radius 3 is 2.87 bits per heavy atom. The molecule has 2 unspecified atom stereocenters. The molecule has 0 radical (unpaired) electrons. The number of hydrogen-bond acceptors (Lipinski definition) is 5. The molecule has 3 heterocycles. The molecule has 2 atom stereocenters. The molecule has 0 aromatic carbocycles. The van der Waals surface area contributed by atoms with Crippen molar-refractivity contribution in [3.63, 3.8) is 0 Å². The maximum Gasteiger partial charge on any atom is 0.245 e. The molecule has 1 fully saturated rings. The van der Waals surface area contributed by atoms with Crippen molar-refractivity contribution in [3.8, 4) is 0 Å². The standard InChI is InChI=1S/C16H23N5O2/c1-11(2)15-18-14(19-23-15)13-5-4-7-20(9-13)16(22)12(3)21-8-6-17-10-21/h6,8,10-13H,4-5,7,9H2,1-3H3. The number of amides is 1. The van der Waals surface area contributed by atoms with Crippen molar-refractivity contribution in [2.24, 2.45) is 0 Å². The third kappa shape index (κ3) is 3.28. The van der Waals surface area contributed by atoms with Gasteiger partial charge in [-0.3, -0.25) is 4.79 Å². The highest BCUT2D eigenvalue weighted by Crippen LogP contribution is 2.27. The monoisotopic (exact) mass is 317 g/mol. The van der Waals surface area contributed by atoms with E-state index in [-0.39, 0.29) is 23.8 Å². The second kappa shape index (κ2) is 6.52. The topological polar surface area (TPSA) is 77.1 Å². The molecule has 2 aromatic heterocycles. The Kier molecular flexibility index (Phi) is 4.45. The van der Waals surface area contributed by atoms with Gasteiger partial charge in [-0.2, -0.15) is 4.98 Å². The molecule has 23 heavy (non-hydrogen) atoms. The number of piperidine rings is 1. The first kappa shape index (κ1) is 15.7. The minimum Gasteiger partial charge on any atom is -0.340 e. The number of carbonyl (C=O) groups is 1. The Hall–Kier alpha value is -2.18. The van der Waals surface area contributed by atoms with Gasteiger partial charge in [0, 0.05) is 37.3 Å². The maximum atomic E-state index is 12.7. The molecule has 124 valence electrons. The normalized spacial score (nSPS) is 20.0. The third-order valence-corrected chi connectivity index (χ3v) is 4.38. The van der Waals surface area contributed by atoms with E-state index in [0.29, 0.717) is 12.4 Å². The average molecular weight is 317 g/mol. The predicted octanol–water partition coefficient (Wildman–Crippen LogP) is 2.36. The number of nitrogens with zero attached hydrogens (tertiary/aromatic N) is 5. The van der Waals surface area contributed by atoms with Crippen LogP contribution in [0.3, 0.4) is 0 Å². The summed E-state index contributed by atoms with van der Waals surface area (Å²) >= 11 is 0. The second-order valence-corrected chi connectivity index (χ2v) is 6.45. The Balaban J connectivity index is 1.69. The van der Waals surface area contributed by atoms with E-state index >= 15 is 0 Å². The Morgan fingerprint density at radius 2 is 2.22 bits per heavy atom. The van der Waals surface area contributed by atoms with Crippen molar-refractivity contribution in [3.05, 3.63) is 30.4 Å². The van der Waals surface area contributed by atoms with Gasteiger partial charge < -0.3 is 14.0 Å². The van der Waals surface area contributed by atoms with Crippen molar-refractivity contribution < 1.29 is 9.32 Å². The minimum atomic E-state index is -0.243. The van der Waals surface area contributed by atoms with Crippen LogP contribution in [0.15, 0.2) is 23.2 Å². The molecule has 1 aliphatic rings. The molecule has 1 aliphatic heterocycles. The van der Waals surface area contributed by atoms with Gasteiger partial charge in [-0.15, -0.1) is 0 Å². The van der Waals surface area contributed by atoms with Crippen LogP contribution in [-0.2, 0) is 4.79 Å². The van der Waals surface area contributed by atoms with E-state index < -0.39 is 0 Å². The quantitative estimate of drug-likeness (QED) is 0.865. The van der Waals surface area contributed by atoms with E-state index in [2.05, 4.69) is 15.1 Å². The predicted molar refractivity (Wildman–Crippen MR) is 83.9 cm³/mol. The van der Waals surface area contributed by atoms with E-state index in [1.54, 1.807) is 12.5 Å². The number of carbonyl (C=O) groups excluding carboxylic acids is 1. The summed E-state index contributed by atoms with van der Waals surface area (Å²) in [5, 5.41) is 4.11. The van der Waals surface area contributed by atoms with Crippen LogP contribution in [0, 0.1) is 0 Å². The largest absolute Gasteiger partial charge is 0.340 e. The highest BCUT2D eigenvalue weighted by Gasteiger charge is 2.30. The molecule has 0 saturated carbocycles. The van der Waals surface area contributed by atoms with Gasteiger partial charge in [-0.05, 0) is 19.8 Å². The van der Waals surface area contributed by atoms with Crippen LogP contribution in [0.4, 0.5) is 0 Å². The van der Waals surface area contributed by atoms with E-state index in [0.717, 1.165) is 25.2 Å². The highest BCUT2D eigenvalue weighted by atomic mass is 16.5. The first-order valence-corrected chi connectivity index (χ1v) is 8.16. The van der Waals surface area contributed by atoms with Gasteiger partial charge in [0.2, 0.25) is 11.8 Å². The van der Waals surface area contributed by atoms with Gasteiger partial charge in [0.25, 0.3) is 0 Å². The minimum absolute atomic E-state index is 0.111. The van der Waals surface area contributed by atoms with E-state index in [1.807, 2.05) is 36.4 Å². The summed E-state index contributed by atoms with van der Waals surface area (Å²) < 4.78 is 7.13. The molecular weight excluding hydrogens is 294 g/mol. The van der Waals surface area contributed by atoms with Crippen LogP contribution in [0.25, 0.3) is 0 Å². The molecule has 2 aromatic rings. The number of likely N-dealkylation sites (tertiary alicyclic amines) is 1. The summed E-state index contributed by atoms with van der Waals surface area (Å²) in [6, 6.07) is -0.243. The summed E-state index contributed by atoms with van der Waals surface area (Å²) in [6.45, 7) is 7.39. The molecule has 0 bridgehead atoms. The summed E-state index contributed by atoms with van der Waals surface area (Å²) in [5.41, 5.74) is 0. The van der Waals surface area contributed by atoms with E-state index in [4.69, 9.17) is 4.52 Å². The fourth-order valence-corrected chi connectivity index (χ4v) is 2.93. The number of aromatic nitrogens is 4. The smallest absolute Gasteiger partial charge is 0.245 e. The Labute approximate surface area is 135 Å². The van der Waals surface area contributed by atoms with Gasteiger partial charge in [0.05, 0.1) is 6.33 Å². The molecule has 7 heteroatoms. The maximum absolute atomic E-state index is 12.7. The second-order valence-electron chi connectivity index (χ2n) is 6.45. The van der Waals surface area contributed by atoms with Crippen LogP contribution in [0.5, 0.6) is 0 Å². The zero-order chi connectivity index (χ0) is 16.4. The lowest BCUT2D eigenvalue weighted by molar-refractivity contribution is -0.135. The summed E-state index contributed by atoms with van der Waals surface area (Å²) in [6.07, 6.45) is 7.13. The zero-order valence-electron chi connectivity index (χ0n) is 13.8. The first-order valence-electron chi connectivity index (χ1n) is 8.16. The lowest BCUT2D eigenvalue weighted by atomic mass is 9.97. The van der Waals surface area contributed by atoms with Crippen LogP contribution in [0.1, 0.15) is 63.2 Å². The van der Waals surface area contributed by atoms with Crippen molar-refractivity contribution in [1.82, 2.24) is 24.6 Å². The average Bonchev–Trinajstić information content (AvgIpc) is 3.25. The SMILES string of the molecule is CC(C)c1nc(C2CCCN(C(=O)C(C)n3ccnc3)C2)no1. The fraction of sp³-hybridized carbons (Fsp3) is 0.625. The summed E-state index contributed by atoms with van der Waals surface area (Å²) in [4.78, 5) is 23.1. The van der Waals surface area contributed by atoms with Crippen molar-refractivity contribution in [2.45, 2.75) is 51.5 Å². The fourth-order valence-electron chi connectivity index (χ4n) is 2.93. The molecule has 1 saturated heterocycles. The molecule has 0 spiro atoms. The van der Waals surface area contributed by atoms with Crippen LogP contribution in [-0.4, -0.2) is 43.6 Å². The third-order valence-electron chi connectivity index (χ3n) is 4.38. The van der Waals surface area contributed by atoms with Crippen molar-refractivity contribution >= 4 is 5.91 Å². The Morgan fingerprint density at radius 1 is 1.39 bits per heavy atom. The van der Waals surface area contributed by atoms with Gasteiger partial charge in [-0.1, -0.05) is 19.0 Å². The number of hydrogen-bond donors (Lipinski definition) is 0. The molecule has 3 rings (SSSR count). The van der Waals surface area contributed by atoms with Crippen LogP contribution < -0.4 is 0 Å². The first-order chi connectivity index (χ1) is 11.1. The van der Waals surface area contributed by atoms with Gasteiger partial charge in [0.1, 0.15) is 6.04 Å². The lowest BCUT2D eigenvalue weighted by Gasteiger charge is -2.33. The van der Waals surface area contributed by atoms with E-state index in [9.17, 15) is 4.79 Å². The van der Waals surface area contributed by atoms with Gasteiger partial charge in [0.15, 0.2) is 5.82 Å². The van der Waals surface area contributed by atoms with Crippen LogP contribution in [0.2, 0.25) is 0 Å². The summed E-state index contributed by atoms with van der Waals surface area (Å²) in [7, 11) is 0. The zero-order valence-corrected chi connectivity index (χ0v) is 13.8. The molecule has 0 N–H and O–H groups in total. The molecule has 7 nitrogen and oxygen atoms in total. The number of imidazole rings is 1. The molecule has 1 amide bonds. The van der Waals surface area contributed by atoms with Gasteiger partial charge >= 0.3 is 0 Å².